The van der Waals surface area contributed by atoms with Crippen molar-refractivity contribution in [1.82, 2.24) is 4.90 Å². The number of benzene rings is 1. The molecule has 132 valence electrons. The maximum atomic E-state index is 13.1. The van der Waals surface area contributed by atoms with E-state index in [1.54, 1.807) is 18.2 Å². The van der Waals surface area contributed by atoms with Gasteiger partial charge in [0.25, 0.3) is 5.91 Å². The fraction of sp³-hybridized carbons (Fsp3) is 0.467. The minimum atomic E-state index is -4.94. The molecular weight excluding hydrogens is 351 g/mol. The van der Waals surface area contributed by atoms with E-state index in [0.29, 0.717) is 10.8 Å². The number of halogens is 4. The molecule has 0 bridgehead atoms. The summed E-state index contributed by atoms with van der Waals surface area (Å²) in [7, 11) is 0. The zero-order valence-corrected chi connectivity index (χ0v) is 13.4. The second kappa shape index (κ2) is 6.51. The van der Waals surface area contributed by atoms with Crippen molar-refractivity contribution in [2.45, 2.75) is 25.6 Å². The van der Waals surface area contributed by atoms with Crippen LogP contribution in [0.5, 0.6) is 5.75 Å². The van der Waals surface area contributed by atoms with Crippen molar-refractivity contribution in [3.8, 4) is 5.75 Å². The van der Waals surface area contributed by atoms with Gasteiger partial charge in [0.1, 0.15) is 5.75 Å². The summed E-state index contributed by atoms with van der Waals surface area (Å²) in [6.45, 7) is 0.166. The molecule has 1 N–H and O–H groups in total. The van der Waals surface area contributed by atoms with E-state index in [1.807, 2.05) is 0 Å². The Hall–Kier alpha value is -1.96. The highest BCUT2D eigenvalue weighted by molar-refractivity contribution is 6.30. The number of amides is 1. The first kappa shape index (κ1) is 18.4. The Bertz CT molecular complexity index is 652. The van der Waals surface area contributed by atoms with Gasteiger partial charge in [0.05, 0.1) is 0 Å². The second-order valence-corrected chi connectivity index (χ2v) is 6.05. The van der Waals surface area contributed by atoms with E-state index in [-0.39, 0.29) is 6.54 Å². The van der Waals surface area contributed by atoms with Crippen molar-refractivity contribution < 1.29 is 32.6 Å². The number of alkyl halides is 3. The largest absolute Gasteiger partial charge is 0.481 e. The van der Waals surface area contributed by atoms with Gasteiger partial charge in [-0.15, -0.1) is 0 Å². The van der Waals surface area contributed by atoms with E-state index >= 15 is 0 Å². The Morgan fingerprint density at radius 3 is 2.58 bits per heavy atom. The molecule has 24 heavy (non-hydrogen) atoms. The van der Waals surface area contributed by atoms with E-state index in [1.165, 1.54) is 13.0 Å². The first-order chi connectivity index (χ1) is 11.1. The number of nitrogens with zero attached hydrogens (tertiary/aromatic N) is 1. The molecule has 1 saturated heterocycles. The Labute approximate surface area is 141 Å². The standard InChI is InChI=1S/C15H15ClF3NO4/c1-9(24-11-4-2-3-10(16)7-11)12(21)20-6-5-14(8-20,13(22)23)15(17,18)19/h2-4,7,9H,5-6,8H2,1H3,(H,22,23). The van der Waals surface area contributed by atoms with Crippen LogP contribution in [0.15, 0.2) is 24.3 Å². The van der Waals surface area contributed by atoms with Gasteiger partial charge in [-0.1, -0.05) is 17.7 Å². The van der Waals surface area contributed by atoms with Gasteiger partial charge in [-0.25, -0.2) is 0 Å². The molecule has 9 heteroatoms. The van der Waals surface area contributed by atoms with Crippen LogP contribution in [-0.4, -0.2) is 47.3 Å². The molecule has 1 aliphatic rings. The Kier molecular flexibility index (Phi) is 4.98. The first-order valence-corrected chi connectivity index (χ1v) is 7.46. The number of carboxylic acids is 1. The molecule has 1 aromatic carbocycles. The molecule has 5 nitrogen and oxygen atoms in total. The maximum absolute atomic E-state index is 13.1. The van der Waals surface area contributed by atoms with Crippen molar-refractivity contribution in [2.24, 2.45) is 5.41 Å². The lowest BCUT2D eigenvalue weighted by Gasteiger charge is -2.28. The van der Waals surface area contributed by atoms with Gasteiger partial charge in [-0.05, 0) is 31.5 Å². The van der Waals surface area contributed by atoms with Crippen molar-refractivity contribution in [1.29, 1.82) is 0 Å². The molecule has 0 aliphatic carbocycles. The summed E-state index contributed by atoms with van der Waals surface area (Å²) in [6.07, 6.45) is -6.69. The van der Waals surface area contributed by atoms with Gasteiger partial charge in [-0.2, -0.15) is 13.2 Å². The Morgan fingerprint density at radius 2 is 2.08 bits per heavy atom. The van der Waals surface area contributed by atoms with Gasteiger partial charge in [-0.3, -0.25) is 9.59 Å². The third kappa shape index (κ3) is 3.43. The fourth-order valence-electron chi connectivity index (χ4n) is 2.58. The molecule has 2 atom stereocenters. The topological polar surface area (TPSA) is 66.8 Å². The van der Waals surface area contributed by atoms with E-state index in [0.717, 1.165) is 4.90 Å². The lowest BCUT2D eigenvalue weighted by molar-refractivity contribution is -0.227. The number of hydrogen-bond acceptors (Lipinski definition) is 3. The van der Waals surface area contributed by atoms with E-state index in [2.05, 4.69) is 0 Å². The zero-order valence-electron chi connectivity index (χ0n) is 12.6. The lowest BCUT2D eigenvalue weighted by atomic mass is 9.86. The number of carbonyl (C=O) groups is 2. The van der Waals surface area contributed by atoms with Crippen LogP contribution in [0.25, 0.3) is 0 Å². The van der Waals surface area contributed by atoms with E-state index in [4.69, 9.17) is 21.4 Å². The lowest BCUT2D eigenvalue weighted by Crippen LogP contribution is -2.49. The molecule has 0 saturated carbocycles. The molecule has 0 spiro atoms. The molecule has 0 radical (unpaired) electrons. The molecule has 1 fully saturated rings. The van der Waals surface area contributed by atoms with Gasteiger partial charge >= 0.3 is 12.1 Å². The Balaban J connectivity index is 2.09. The fourth-order valence-corrected chi connectivity index (χ4v) is 2.76. The molecule has 2 rings (SSSR count). The second-order valence-electron chi connectivity index (χ2n) is 5.61. The van der Waals surface area contributed by atoms with E-state index < -0.39 is 42.5 Å². The highest BCUT2D eigenvalue weighted by atomic mass is 35.5. The van der Waals surface area contributed by atoms with Gasteiger partial charge in [0.2, 0.25) is 0 Å². The summed E-state index contributed by atoms with van der Waals surface area (Å²) >= 11 is 5.79. The van der Waals surface area contributed by atoms with Crippen molar-refractivity contribution in [2.75, 3.05) is 13.1 Å². The quantitative estimate of drug-likeness (QED) is 0.890. The maximum Gasteiger partial charge on any atom is 0.406 e. The number of likely N-dealkylation sites (tertiary alicyclic amines) is 1. The van der Waals surface area contributed by atoms with Gasteiger partial charge < -0.3 is 14.7 Å². The minimum Gasteiger partial charge on any atom is -0.481 e. The van der Waals surface area contributed by atoms with Crippen LogP contribution in [0.2, 0.25) is 5.02 Å². The number of ether oxygens (including phenoxy) is 1. The Morgan fingerprint density at radius 1 is 1.42 bits per heavy atom. The van der Waals surface area contributed by atoms with E-state index in [9.17, 15) is 22.8 Å². The van der Waals surface area contributed by atoms with Crippen LogP contribution in [0.1, 0.15) is 13.3 Å². The van der Waals surface area contributed by atoms with Crippen LogP contribution in [0, 0.1) is 5.41 Å². The van der Waals surface area contributed by atoms with Crippen LogP contribution >= 0.6 is 11.6 Å². The van der Waals surface area contributed by atoms with Crippen LogP contribution in [0.4, 0.5) is 13.2 Å². The van der Waals surface area contributed by atoms with Gasteiger partial charge in [0, 0.05) is 18.1 Å². The van der Waals surface area contributed by atoms with Crippen LogP contribution in [0.3, 0.4) is 0 Å². The molecule has 1 aromatic rings. The average Bonchev–Trinajstić information content (AvgIpc) is 2.92. The molecule has 1 heterocycles. The summed E-state index contributed by atoms with van der Waals surface area (Å²) in [4.78, 5) is 24.3. The van der Waals surface area contributed by atoms with Crippen molar-refractivity contribution in [3.63, 3.8) is 0 Å². The molecule has 0 aromatic heterocycles. The smallest absolute Gasteiger partial charge is 0.406 e. The number of aliphatic carboxylic acids is 1. The SMILES string of the molecule is CC(Oc1cccc(Cl)c1)C(=O)N1CCC(C(=O)O)(C(F)(F)F)C1. The third-order valence-electron chi connectivity index (χ3n) is 3.99. The molecule has 1 amide bonds. The zero-order chi connectivity index (χ0) is 18.1. The summed E-state index contributed by atoms with van der Waals surface area (Å²) in [5, 5.41) is 9.38. The summed E-state index contributed by atoms with van der Waals surface area (Å²) in [5.41, 5.74) is -2.93. The predicted octanol–water partition coefficient (Wildman–Crippen LogP) is 2.97. The number of rotatable bonds is 4. The van der Waals surface area contributed by atoms with Crippen molar-refractivity contribution >= 4 is 23.5 Å². The first-order valence-electron chi connectivity index (χ1n) is 7.08. The monoisotopic (exact) mass is 365 g/mol. The summed E-state index contributed by atoms with van der Waals surface area (Å²) in [6, 6.07) is 6.22. The normalized spacial score (nSPS) is 22.3. The highest BCUT2D eigenvalue weighted by Crippen LogP contribution is 2.45. The average molecular weight is 366 g/mol. The molecule has 1 aliphatic heterocycles. The number of hydrogen-bond donors (Lipinski definition) is 1. The molecular formula is C15H15ClF3NO4. The predicted molar refractivity (Wildman–Crippen MR) is 78.9 cm³/mol. The highest BCUT2D eigenvalue weighted by Gasteiger charge is 2.64. The summed E-state index contributed by atoms with van der Waals surface area (Å²) in [5.74, 6) is -2.39. The third-order valence-corrected chi connectivity index (χ3v) is 4.22. The summed E-state index contributed by atoms with van der Waals surface area (Å²) < 4.78 is 44.8. The minimum absolute atomic E-state index is 0.294. The van der Waals surface area contributed by atoms with Crippen LogP contribution in [-0.2, 0) is 9.59 Å². The van der Waals surface area contributed by atoms with Gasteiger partial charge in [0.15, 0.2) is 11.5 Å². The van der Waals surface area contributed by atoms with Crippen molar-refractivity contribution in [3.05, 3.63) is 29.3 Å². The molecule has 2 unspecified atom stereocenters. The van der Waals surface area contributed by atoms with Crippen LogP contribution < -0.4 is 4.74 Å². The number of carbonyl (C=O) groups excluding carboxylic acids is 1. The number of carboxylic acid groups (broad SMARTS) is 1.